The van der Waals surface area contributed by atoms with Crippen molar-refractivity contribution in [2.45, 2.75) is 4.90 Å². The van der Waals surface area contributed by atoms with Crippen LogP contribution in [-0.4, -0.2) is 33.4 Å². The van der Waals surface area contributed by atoms with Crippen molar-refractivity contribution in [3.63, 3.8) is 0 Å². The average molecular weight is 396 g/mol. The van der Waals surface area contributed by atoms with E-state index in [9.17, 15) is 4.21 Å². The fraction of sp³-hybridized carbons (Fsp3) is 0.105. The van der Waals surface area contributed by atoms with Crippen LogP contribution in [0.15, 0.2) is 64.0 Å². The van der Waals surface area contributed by atoms with Gasteiger partial charge in [0.1, 0.15) is 11.5 Å². The number of benzene rings is 1. The van der Waals surface area contributed by atoms with Crippen molar-refractivity contribution in [3.8, 4) is 23.1 Å². The van der Waals surface area contributed by atoms with Crippen molar-refractivity contribution < 1.29 is 18.1 Å². The normalized spacial score (nSPS) is 11.9. The van der Waals surface area contributed by atoms with Gasteiger partial charge in [0.25, 0.3) is 0 Å². The zero-order valence-corrected chi connectivity index (χ0v) is 15.9. The number of nitrogens with one attached hydrogen (secondary N) is 1. The Morgan fingerprint density at radius 1 is 1.00 bits per heavy atom. The Labute approximate surface area is 163 Å². The van der Waals surface area contributed by atoms with E-state index in [1.807, 2.05) is 0 Å². The largest absolute Gasteiger partial charge is 0.493 e. The highest BCUT2D eigenvalue weighted by atomic mass is 32.2. The van der Waals surface area contributed by atoms with Gasteiger partial charge in [-0.15, -0.1) is 0 Å². The minimum absolute atomic E-state index is 0.342. The van der Waals surface area contributed by atoms with Gasteiger partial charge in [0.05, 0.1) is 19.1 Å². The molecule has 1 N–H and O–H groups in total. The molecule has 0 saturated heterocycles. The summed E-state index contributed by atoms with van der Waals surface area (Å²) in [7, 11) is 1.52. The fourth-order valence-corrected chi connectivity index (χ4v) is 3.40. The molecule has 142 valence electrons. The number of pyridine rings is 2. The zero-order valence-electron chi connectivity index (χ0n) is 15.1. The van der Waals surface area contributed by atoms with Gasteiger partial charge in [0.2, 0.25) is 5.89 Å². The van der Waals surface area contributed by atoms with E-state index in [2.05, 4.69) is 19.7 Å². The molecule has 0 saturated carbocycles. The molecule has 0 spiro atoms. The molecule has 4 aromatic rings. The van der Waals surface area contributed by atoms with Crippen molar-refractivity contribution in [2.75, 3.05) is 18.9 Å². The van der Waals surface area contributed by atoms with Gasteiger partial charge in [0, 0.05) is 12.3 Å². The molecular formula is C19H16N4O4S. The van der Waals surface area contributed by atoms with E-state index < -0.39 is 11.0 Å². The smallest absolute Gasteiger partial charge is 0.247 e. The molecule has 1 atom stereocenters. The molecule has 0 fully saturated rings. The SMILES string of the molecule is COc1ccc(S(=O)Nc2cccc(-c3nc4ncccc4o3)n2)cc1OC. The van der Waals surface area contributed by atoms with E-state index in [4.69, 9.17) is 13.9 Å². The van der Waals surface area contributed by atoms with Crippen LogP contribution in [0, 0.1) is 0 Å². The predicted octanol–water partition coefficient (Wildman–Crippen LogP) is 3.44. The number of oxazole rings is 1. The van der Waals surface area contributed by atoms with Crippen LogP contribution in [0.5, 0.6) is 11.5 Å². The van der Waals surface area contributed by atoms with Gasteiger partial charge in [-0.25, -0.2) is 14.2 Å². The van der Waals surface area contributed by atoms with Gasteiger partial charge in [0.15, 0.2) is 33.7 Å². The minimum atomic E-state index is -1.55. The van der Waals surface area contributed by atoms with E-state index in [0.717, 1.165) is 0 Å². The molecule has 28 heavy (non-hydrogen) atoms. The molecule has 3 aromatic heterocycles. The Hall–Kier alpha value is -3.46. The standard InChI is InChI=1S/C19H16N4O4S/c1-25-14-9-8-12(11-16(14)26-2)28(24)23-17-7-3-5-13(21-17)19-22-18-15(27-19)6-4-10-20-18/h3-11H,1-2H3,(H,21,23). The second-order valence-corrected chi connectivity index (χ2v) is 6.85. The number of hydrogen-bond donors (Lipinski definition) is 1. The van der Waals surface area contributed by atoms with Gasteiger partial charge >= 0.3 is 0 Å². The summed E-state index contributed by atoms with van der Waals surface area (Å²) in [4.78, 5) is 13.4. The maximum absolute atomic E-state index is 12.7. The molecule has 0 aliphatic carbocycles. The minimum Gasteiger partial charge on any atom is -0.493 e. The molecule has 4 rings (SSSR count). The van der Waals surface area contributed by atoms with Crippen molar-refractivity contribution in [1.82, 2.24) is 15.0 Å². The third-order valence-corrected chi connectivity index (χ3v) is 4.98. The van der Waals surface area contributed by atoms with Crippen LogP contribution in [0.25, 0.3) is 22.8 Å². The van der Waals surface area contributed by atoms with Crippen molar-refractivity contribution in [1.29, 1.82) is 0 Å². The number of nitrogens with zero attached hydrogens (tertiary/aromatic N) is 3. The second kappa shape index (κ2) is 7.65. The number of hydrogen-bond acceptors (Lipinski definition) is 7. The molecule has 0 radical (unpaired) electrons. The lowest BCUT2D eigenvalue weighted by molar-refractivity contribution is 0.354. The first-order valence-corrected chi connectivity index (χ1v) is 9.42. The molecule has 0 bridgehead atoms. The summed E-state index contributed by atoms with van der Waals surface area (Å²) in [6.07, 6.45) is 1.65. The van der Waals surface area contributed by atoms with Crippen molar-refractivity contribution in [2.24, 2.45) is 0 Å². The molecule has 3 heterocycles. The van der Waals surface area contributed by atoms with E-state index in [-0.39, 0.29) is 0 Å². The van der Waals surface area contributed by atoms with E-state index in [1.165, 1.54) is 7.11 Å². The van der Waals surface area contributed by atoms with Gasteiger partial charge in [-0.2, -0.15) is 4.98 Å². The summed E-state index contributed by atoms with van der Waals surface area (Å²) < 4.78 is 31.7. The molecule has 9 heteroatoms. The van der Waals surface area contributed by atoms with E-state index in [1.54, 1.807) is 61.8 Å². The Bertz CT molecular complexity index is 1130. The maximum atomic E-state index is 12.7. The zero-order chi connectivity index (χ0) is 19.5. The molecule has 8 nitrogen and oxygen atoms in total. The Balaban J connectivity index is 1.59. The molecular weight excluding hydrogens is 380 g/mol. The van der Waals surface area contributed by atoms with Crippen LogP contribution >= 0.6 is 0 Å². The lowest BCUT2D eigenvalue weighted by Crippen LogP contribution is -2.07. The summed E-state index contributed by atoms with van der Waals surface area (Å²) in [5.74, 6) is 1.82. The first-order valence-electron chi connectivity index (χ1n) is 8.27. The molecule has 0 aliphatic rings. The number of ether oxygens (including phenoxy) is 2. The highest BCUT2D eigenvalue weighted by Gasteiger charge is 2.13. The van der Waals surface area contributed by atoms with Gasteiger partial charge in [-0.1, -0.05) is 6.07 Å². The van der Waals surface area contributed by atoms with Crippen LogP contribution in [0.1, 0.15) is 0 Å². The number of methoxy groups -OCH3 is 2. The highest BCUT2D eigenvalue weighted by Crippen LogP contribution is 2.29. The van der Waals surface area contributed by atoms with E-state index in [0.29, 0.717) is 45.0 Å². The van der Waals surface area contributed by atoms with Crippen LogP contribution < -0.4 is 14.2 Å². The number of rotatable bonds is 6. The van der Waals surface area contributed by atoms with Crippen LogP contribution in [0.2, 0.25) is 0 Å². The molecule has 0 amide bonds. The number of anilines is 1. The van der Waals surface area contributed by atoms with Gasteiger partial charge < -0.3 is 13.9 Å². The third kappa shape index (κ3) is 3.52. The molecule has 1 aromatic carbocycles. The molecule has 1 unspecified atom stereocenters. The van der Waals surface area contributed by atoms with Gasteiger partial charge in [-0.3, -0.25) is 4.72 Å². The summed E-state index contributed by atoms with van der Waals surface area (Å²) in [6, 6.07) is 13.8. The summed E-state index contributed by atoms with van der Waals surface area (Å²) in [6.45, 7) is 0. The van der Waals surface area contributed by atoms with E-state index >= 15 is 0 Å². The Morgan fingerprint density at radius 2 is 1.86 bits per heavy atom. The Morgan fingerprint density at radius 3 is 2.64 bits per heavy atom. The Kier molecular flexibility index (Phi) is 4.90. The summed E-state index contributed by atoms with van der Waals surface area (Å²) in [5, 5.41) is 0. The molecule has 0 aliphatic heterocycles. The van der Waals surface area contributed by atoms with Crippen LogP contribution in [0.4, 0.5) is 5.82 Å². The quantitative estimate of drug-likeness (QED) is 0.533. The first kappa shape index (κ1) is 17.9. The topological polar surface area (TPSA) is 99.4 Å². The number of fused-ring (bicyclic) bond motifs is 1. The van der Waals surface area contributed by atoms with Crippen LogP contribution in [-0.2, 0) is 11.0 Å². The van der Waals surface area contributed by atoms with Crippen molar-refractivity contribution in [3.05, 3.63) is 54.7 Å². The lowest BCUT2D eigenvalue weighted by Gasteiger charge is -2.10. The fourth-order valence-electron chi connectivity index (χ4n) is 2.57. The maximum Gasteiger partial charge on any atom is 0.247 e. The van der Waals surface area contributed by atoms with Crippen molar-refractivity contribution >= 4 is 28.0 Å². The first-order chi connectivity index (χ1) is 13.7. The average Bonchev–Trinajstić information content (AvgIpc) is 3.17. The number of aromatic nitrogens is 3. The third-order valence-electron chi connectivity index (χ3n) is 3.90. The summed E-state index contributed by atoms with van der Waals surface area (Å²) >= 11 is 0. The van der Waals surface area contributed by atoms with Crippen LogP contribution in [0.3, 0.4) is 0 Å². The second-order valence-electron chi connectivity index (χ2n) is 5.64. The highest BCUT2D eigenvalue weighted by molar-refractivity contribution is 7.86. The monoisotopic (exact) mass is 396 g/mol. The lowest BCUT2D eigenvalue weighted by atomic mass is 10.3. The predicted molar refractivity (Wildman–Crippen MR) is 105 cm³/mol. The van der Waals surface area contributed by atoms with Gasteiger partial charge in [-0.05, 0) is 36.4 Å². The summed E-state index contributed by atoms with van der Waals surface area (Å²) in [5.41, 5.74) is 1.59.